The second-order valence-electron chi connectivity index (χ2n) is 7.27. The topological polar surface area (TPSA) is 114 Å². The van der Waals surface area contributed by atoms with Gasteiger partial charge in [-0.05, 0) is 26.2 Å². The van der Waals surface area contributed by atoms with Crippen LogP contribution in [-0.4, -0.2) is 37.5 Å². The van der Waals surface area contributed by atoms with Gasteiger partial charge in [-0.1, -0.05) is 20.8 Å². The number of guanidine groups is 1. The highest BCUT2D eigenvalue weighted by Gasteiger charge is 2.46. The monoisotopic (exact) mass is 389 g/mol. The minimum absolute atomic E-state index is 0.159. The Morgan fingerprint density at radius 3 is 1.84 bits per heavy atom. The van der Waals surface area contributed by atoms with Crippen molar-refractivity contribution >= 4 is 28.0 Å². The number of carbonyl (C=O) groups excluding carboxylic acids is 2. The maximum atomic E-state index is 12.5. The fourth-order valence-corrected chi connectivity index (χ4v) is 1.74. The Hall–Kier alpha value is -1.85. The molecule has 2 amide bonds. The van der Waals surface area contributed by atoms with Gasteiger partial charge < -0.3 is 4.74 Å². The Kier molecular flexibility index (Phi) is 7.02. The molecule has 12 heteroatoms. The third kappa shape index (κ3) is 9.89. The van der Waals surface area contributed by atoms with Crippen LogP contribution in [0.15, 0.2) is 4.40 Å². The number of halogens is 3. The molecule has 0 unspecified atom stereocenters. The van der Waals surface area contributed by atoms with Gasteiger partial charge in [0, 0.05) is 6.42 Å². The molecular formula is C13H22F3N3O5S. The number of hydrogen-bond acceptors (Lipinski definition) is 5. The van der Waals surface area contributed by atoms with Gasteiger partial charge in [0.1, 0.15) is 5.60 Å². The molecule has 2 N–H and O–H groups in total. The van der Waals surface area contributed by atoms with Crippen LogP contribution in [0.1, 0.15) is 48.0 Å². The fraction of sp³-hybridized carbons (Fsp3) is 0.769. The Balaban J connectivity index is 5.54. The number of amides is 2. The number of sulfonamides is 1. The molecule has 0 rings (SSSR count). The molecule has 0 bridgehead atoms. The van der Waals surface area contributed by atoms with Crippen LogP contribution in [0.3, 0.4) is 0 Å². The number of nitrogens with one attached hydrogen (secondary N) is 2. The summed E-state index contributed by atoms with van der Waals surface area (Å²) >= 11 is 0. The van der Waals surface area contributed by atoms with Gasteiger partial charge in [-0.15, -0.1) is 4.40 Å². The van der Waals surface area contributed by atoms with Gasteiger partial charge >= 0.3 is 21.6 Å². The van der Waals surface area contributed by atoms with Gasteiger partial charge in [0.15, 0.2) is 0 Å². The summed E-state index contributed by atoms with van der Waals surface area (Å²) in [6, 6.07) is 0. The average molecular weight is 389 g/mol. The highest BCUT2D eigenvalue weighted by molar-refractivity contribution is 7.91. The summed E-state index contributed by atoms with van der Waals surface area (Å²) in [5.41, 5.74) is -7.24. The highest BCUT2D eigenvalue weighted by Crippen LogP contribution is 2.24. The van der Waals surface area contributed by atoms with E-state index in [-0.39, 0.29) is 6.42 Å². The van der Waals surface area contributed by atoms with Crippen molar-refractivity contribution in [1.29, 1.82) is 0 Å². The minimum Gasteiger partial charge on any atom is -0.444 e. The first-order chi connectivity index (χ1) is 10.8. The largest absolute Gasteiger partial charge is 0.518 e. The predicted molar refractivity (Wildman–Crippen MR) is 84.0 cm³/mol. The van der Waals surface area contributed by atoms with E-state index in [4.69, 9.17) is 4.74 Å². The molecule has 0 spiro atoms. The third-order valence-electron chi connectivity index (χ3n) is 2.07. The van der Waals surface area contributed by atoms with E-state index in [0.717, 1.165) is 0 Å². The van der Waals surface area contributed by atoms with Gasteiger partial charge in [-0.2, -0.15) is 21.6 Å². The fourth-order valence-electron chi connectivity index (χ4n) is 1.31. The quantitative estimate of drug-likeness (QED) is 0.555. The van der Waals surface area contributed by atoms with Crippen molar-refractivity contribution in [1.82, 2.24) is 10.6 Å². The van der Waals surface area contributed by atoms with Crippen LogP contribution >= 0.6 is 0 Å². The number of alkyl halides is 3. The van der Waals surface area contributed by atoms with Gasteiger partial charge in [-0.25, -0.2) is 4.79 Å². The lowest BCUT2D eigenvalue weighted by Gasteiger charge is -2.21. The number of hydrogen-bond donors (Lipinski definition) is 2. The van der Waals surface area contributed by atoms with E-state index in [1.165, 1.54) is 20.8 Å². The molecule has 0 radical (unpaired) electrons. The first-order valence-electron chi connectivity index (χ1n) is 7.03. The molecule has 0 heterocycles. The summed E-state index contributed by atoms with van der Waals surface area (Å²) in [6.45, 7) is 9.47. The van der Waals surface area contributed by atoms with E-state index in [0.29, 0.717) is 0 Å². The molecule has 0 aromatic heterocycles. The SMILES string of the molecule is CC(C)(C)CC(=O)N/C(=N\S(=O)(=O)C(F)(F)F)NC(=O)OC(C)(C)C. The smallest absolute Gasteiger partial charge is 0.444 e. The zero-order valence-corrected chi connectivity index (χ0v) is 15.6. The van der Waals surface area contributed by atoms with Gasteiger partial charge in [0.05, 0.1) is 0 Å². The van der Waals surface area contributed by atoms with Crippen LogP contribution in [0, 0.1) is 5.41 Å². The van der Waals surface area contributed by atoms with Crippen molar-refractivity contribution in [2.45, 2.75) is 59.1 Å². The first kappa shape index (κ1) is 23.1. The molecule has 8 nitrogen and oxygen atoms in total. The summed E-state index contributed by atoms with van der Waals surface area (Å²) in [6.07, 6.45) is -1.44. The van der Waals surface area contributed by atoms with Crippen LogP contribution in [0.4, 0.5) is 18.0 Å². The Labute approximate surface area is 144 Å². The number of rotatable bonds is 2. The summed E-state index contributed by atoms with van der Waals surface area (Å²) in [5.74, 6) is -2.03. The van der Waals surface area contributed by atoms with E-state index >= 15 is 0 Å². The normalized spacial score (nSPS) is 14.0. The maximum absolute atomic E-state index is 12.5. The third-order valence-corrected chi connectivity index (χ3v) is 3.08. The Bertz CT molecular complexity index is 611. The summed E-state index contributed by atoms with van der Waals surface area (Å²) in [4.78, 5) is 23.4. The Morgan fingerprint density at radius 2 is 1.48 bits per heavy atom. The van der Waals surface area contributed by atoms with Crippen molar-refractivity contribution in [3.05, 3.63) is 0 Å². The lowest BCUT2D eigenvalue weighted by atomic mass is 9.92. The van der Waals surface area contributed by atoms with Gasteiger partial charge in [-0.3, -0.25) is 15.4 Å². The Morgan fingerprint density at radius 1 is 1.00 bits per heavy atom. The zero-order chi connectivity index (χ0) is 20.3. The first-order valence-corrected chi connectivity index (χ1v) is 8.47. The van der Waals surface area contributed by atoms with Crippen molar-refractivity contribution in [3.63, 3.8) is 0 Å². The van der Waals surface area contributed by atoms with Crippen LogP contribution in [0.2, 0.25) is 0 Å². The second-order valence-corrected chi connectivity index (χ2v) is 8.87. The molecular weight excluding hydrogens is 367 g/mol. The highest BCUT2D eigenvalue weighted by atomic mass is 32.2. The van der Waals surface area contributed by atoms with E-state index < -0.39 is 44.5 Å². The molecule has 0 aliphatic rings. The van der Waals surface area contributed by atoms with E-state index in [2.05, 4.69) is 4.40 Å². The minimum atomic E-state index is -5.97. The number of ether oxygens (including phenoxy) is 1. The standard InChI is InChI=1S/C13H22F3N3O5S/c1-11(2,3)7-8(20)17-9(18-10(21)24-12(4,5)6)19-25(22,23)13(14,15)16/h7H2,1-6H3,(H2,17,18,19,20,21). The van der Waals surface area contributed by atoms with Crippen LogP contribution < -0.4 is 10.6 Å². The van der Waals surface area contributed by atoms with Crippen molar-refractivity contribution < 1.29 is 35.9 Å². The maximum Gasteiger partial charge on any atom is 0.518 e. The molecule has 0 aromatic rings. The van der Waals surface area contributed by atoms with Crippen molar-refractivity contribution in [2.24, 2.45) is 9.81 Å². The molecule has 0 saturated heterocycles. The van der Waals surface area contributed by atoms with Crippen LogP contribution in [-0.2, 0) is 19.6 Å². The zero-order valence-electron chi connectivity index (χ0n) is 14.7. The van der Waals surface area contributed by atoms with Crippen LogP contribution in [0.25, 0.3) is 0 Å². The van der Waals surface area contributed by atoms with Gasteiger partial charge in [0.25, 0.3) is 0 Å². The van der Waals surface area contributed by atoms with Crippen molar-refractivity contribution in [2.75, 3.05) is 0 Å². The summed E-state index contributed by atoms with van der Waals surface area (Å²) in [5, 5.41) is 3.53. The predicted octanol–water partition coefficient (Wildman–Crippen LogP) is 2.27. The molecule has 146 valence electrons. The van der Waals surface area contributed by atoms with Gasteiger partial charge in [0.2, 0.25) is 11.9 Å². The number of alkyl carbamates (subject to hydrolysis) is 1. The molecule has 0 aromatic carbocycles. The lowest BCUT2D eigenvalue weighted by molar-refractivity contribution is -0.121. The number of nitrogens with zero attached hydrogens (tertiary/aromatic N) is 1. The number of carbonyl (C=O) groups is 2. The van der Waals surface area contributed by atoms with Crippen LogP contribution in [0.5, 0.6) is 0 Å². The molecule has 0 aliphatic carbocycles. The summed E-state index contributed by atoms with van der Waals surface area (Å²) in [7, 11) is -5.97. The summed E-state index contributed by atoms with van der Waals surface area (Å²) < 4.78 is 66.9. The second kappa shape index (κ2) is 7.58. The van der Waals surface area contributed by atoms with E-state index in [9.17, 15) is 31.2 Å². The van der Waals surface area contributed by atoms with E-state index in [1.54, 1.807) is 26.1 Å². The van der Waals surface area contributed by atoms with E-state index in [1.807, 2.05) is 5.32 Å². The molecule has 0 aliphatic heterocycles. The molecule has 0 fully saturated rings. The lowest BCUT2D eigenvalue weighted by Crippen LogP contribution is -2.47. The molecule has 0 atom stereocenters. The molecule has 25 heavy (non-hydrogen) atoms. The average Bonchev–Trinajstić information content (AvgIpc) is 2.19. The van der Waals surface area contributed by atoms with Crippen molar-refractivity contribution in [3.8, 4) is 0 Å². The molecule has 0 saturated carbocycles.